The van der Waals surface area contributed by atoms with Gasteiger partial charge in [0.25, 0.3) is 0 Å². The molecule has 0 atom stereocenters. The highest BCUT2D eigenvalue weighted by Crippen LogP contribution is 2.39. The fraction of sp³-hybridized carbons (Fsp3) is 0.600. The Hall–Kier alpha value is -1.02. The van der Waals surface area contributed by atoms with Crippen molar-refractivity contribution in [2.24, 2.45) is 5.73 Å². The number of aromatic hydroxyl groups is 1. The minimum Gasteiger partial charge on any atom is -0.508 e. The van der Waals surface area contributed by atoms with E-state index in [2.05, 4.69) is 26.8 Å². The van der Waals surface area contributed by atoms with Gasteiger partial charge in [-0.15, -0.1) is 0 Å². The van der Waals surface area contributed by atoms with Crippen LogP contribution in [0.1, 0.15) is 50.3 Å². The maximum atomic E-state index is 10.0. The lowest BCUT2D eigenvalue weighted by molar-refractivity contribution is 0.445. The van der Waals surface area contributed by atoms with Crippen molar-refractivity contribution in [2.75, 3.05) is 0 Å². The first-order valence-electron chi connectivity index (χ1n) is 6.33. The number of hydrogen-bond donors (Lipinski definition) is 2. The zero-order chi connectivity index (χ0) is 12.8. The highest BCUT2D eigenvalue weighted by molar-refractivity contribution is 5.45. The van der Waals surface area contributed by atoms with Crippen molar-refractivity contribution >= 4 is 0 Å². The van der Waals surface area contributed by atoms with Crippen LogP contribution in [-0.2, 0) is 11.8 Å². The quantitative estimate of drug-likeness (QED) is 0.824. The van der Waals surface area contributed by atoms with Crippen LogP contribution >= 0.6 is 0 Å². The molecule has 1 aliphatic rings. The Balaban J connectivity index is 2.39. The third kappa shape index (κ3) is 2.63. The molecule has 1 aliphatic carbocycles. The van der Waals surface area contributed by atoms with Crippen LogP contribution in [0.4, 0.5) is 0 Å². The predicted molar refractivity (Wildman–Crippen MR) is 71.4 cm³/mol. The largest absolute Gasteiger partial charge is 0.508 e. The van der Waals surface area contributed by atoms with Crippen molar-refractivity contribution < 1.29 is 5.11 Å². The second kappa shape index (κ2) is 3.74. The van der Waals surface area contributed by atoms with Gasteiger partial charge in [0.05, 0.1) is 0 Å². The Morgan fingerprint density at radius 3 is 2.35 bits per heavy atom. The van der Waals surface area contributed by atoms with E-state index >= 15 is 0 Å². The van der Waals surface area contributed by atoms with Gasteiger partial charge in [-0.1, -0.05) is 26.8 Å². The summed E-state index contributed by atoms with van der Waals surface area (Å²) in [7, 11) is 0. The molecule has 17 heavy (non-hydrogen) atoms. The molecule has 1 saturated carbocycles. The Kier molecular flexibility index (Phi) is 2.74. The standard InChI is InChI=1S/C15H23NO/c1-10-7-13(17)12(14(2,3)4)8-11(10)9-15(16)5-6-15/h7-8,17H,5-6,9,16H2,1-4H3. The first-order valence-corrected chi connectivity index (χ1v) is 6.33. The number of rotatable bonds is 2. The van der Waals surface area contributed by atoms with Crippen LogP contribution in [0.3, 0.4) is 0 Å². The summed E-state index contributed by atoms with van der Waals surface area (Å²) < 4.78 is 0. The van der Waals surface area contributed by atoms with E-state index in [0.717, 1.165) is 30.4 Å². The number of phenolic OH excluding ortho intramolecular Hbond substituents is 1. The molecule has 3 N–H and O–H groups in total. The molecule has 0 spiro atoms. The smallest absolute Gasteiger partial charge is 0.119 e. The van der Waals surface area contributed by atoms with Crippen LogP contribution in [0.5, 0.6) is 5.75 Å². The van der Waals surface area contributed by atoms with Gasteiger partial charge in [-0.05, 0) is 54.4 Å². The maximum absolute atomic E-state index is 10.0. The first-order chi connectivity index (χ1) is 7.71. The Bertz CT molecular complexity index is 439. The highest BCUT2D eigenvalue weighted by atomic mass is 16.3. The van der Waals surface area contributed by atoms with Crippen LogP contribution in [0.15, 0.2) is 12.1 Å². The average molecular weight is 233 g/mol. The fourth-order valence-electron chi connectivity index (χ4n) is 2.25. The minimum atomic E-state index is -0.0299. The van der Waals surface area contributed by atoms with Gasteiger partial charge in [0, 0.05) is 5.54 Å². The van der Waals surface area contributed by atoms with Gasteiger partial charge in [-0.3, -0.25) is 0 Å². The molecule has 2 heteroatoms. The number of benzene rings is 1. The lowest BCUT2D eigenvalue weighted by atomic mass is 9.83. The van der Waals surface area contributed by atoms with Crippen LogP contribution in [-0.4, -0.2) is 10.6 Å². The molecule has 1 aromatic rings. The molecule has 0 aliphatic heterocycles. The van der Waals surface area contributed by atoms with E-state index in [1.807, 2.05) is 13.0 Å². The minimum absolute atomic E-state index is 0.0247. The van der Waals surface area contributed by atoms with Crippen molar-refractivity contribution in [3.05, 3.63) is 28.8 Å². The summed E-state index contributed by atoms with van der Waals surface area (Å²) in [5, 5.41) is 10.0. The maximum Gasteiger partial charge on any atom is 0.119 e. The van der Waals surface area contributed by atoms with Gasteiger partial charge in [-0.2, -0.15) is 0 Å². The summed E-state index contributed by atoms with van der Waals surface area (Å²) in [6.07, 6.45) is 3.18. The van der Waals surface area contributed by atoms with Gasteiger partial charge < -0.3 is 10.8 Å². The molecular formula is C15H23NO. The van der Waals surface area contributed by atoms with Crippen molar-refractivity contribution in [1.82, 2.24) is 0 Å². The average Bonchev–Trinajstić information content (AvgIpc) is 2.87. The van der Waals surface area contributed by atoms with Gasteiger partial charge in [0.1, 0.15) is 5.75 Å². The normalized spacial score (nSPS) is 18.2. The van der Waals surface area contributed by atoms with E-state index < -0.39 is 0 Å². The second-order valence-electron chi connectivity index (χ2n) is 6.58. The molecule has 0 amide bonds. The summed E-state index contributed by atoms with van der Waals surface area (Å²) >= 11 is 0. The number of phenols is 1. The molecule has 0 heterocycles. The van der Waals surface area contributed by atoms with Crippen LogP contribution in [0, 0.1) is 6.92 Å². The third-order valence-corrected chi connectivity index (χ3v) is 3.70. The van der Waals surface area contributed by atoms with Crippen molar-refractivity contribution in [3.63, 3.8) is 0 Å². The SMILES string of the molecule is Cc1cc(O)c(C(C)(C)C)cc1CC1(N)CC1. The molecular weight excluding hydrogens is 210 g/mol. The van der Waals surface area contributed by atoms with Crippen molar-refractivity contribution in [1.29, 1.82) is 0 Å². The third-order valence-electron chi connectivity index (χ3n) is 3.70. The molecule has 0 aromatic heterocycles. The van der Waals surface area contributed by atoms with E-state index in [1.165, 1.54) is 5.56 Å². The predicted octanol–water partition coefficient (Wildman–Crippen LogP) is 3.03. The molecule has 1 fully saturated rings. The van der Waals surface area contributed by atoms with E-state index in [9.17, 15) is 5.11 Å². The van der Waals surface area contributed by atoms with Gasteiger partial charge in [-0.25, -0.2) is 0 Å². The number of aryl methyl sites for hydroxylation is 1. The summed E-state index contributed by atoms with van der Waals surface area (Å²) in [6, 6.07) is 4.01. The van der Waals surface area contributed by atoms with Gasteiger partial charge in [0.2, 0.25) is 0 Å². The lowest BCUT2D eigenvalue weighted by Gasteiger charge is -2.23. The molecule has 0 unspecified atom stereocenters. The Morgan fingerprint density at radius 2 is 1.88 bits per heavy atom. The summed E-state index contributed by atoms with van der Waals surface area (Å²) in [6.45, 7) is 8.41. The number of nitrogens with two attached hydrogens (primary N) is 1. The fourth-order valence-corrected chi connectivity index (χ4v) is 2.25. The molecule has 94 valence electrons. The molecule has 2 nitrogen and oxygen atoms in total. The molecule has 1 aromatic carbocycles. The summed E-state index contributed by atoms with van der Waals surface area (Å²) in [5.74, 6) is 0.403. The van der Waals surface area contributed by atoms with Crippen LogP contribution in [0.25, 0.3) is 0 Å². The van der Waals surface area contributed by atoms with Crippen LogP contribution < -0.4 is 5.73 Å². The molecule has 0 saturated heterocycles. The zero-order valence-electron chi connectivity index (χ0n) is 11.3. The summed E-state index contributed by atoms with van der Waals surface area (Å²) in [4.78, 5) is 0. The van der Waals surface area contributed by atoms with Crippen molar-refractivity contribution in [3.8, 4) is 5.75 Å². The molecule has 0 bridgehead atoms. The first kappa shape index (κ1) is 12.4. The summed E-state index contributed by atoms with van der Waals surface area (Å²) in [5.41, 5.74) is 9.62. The topological polar surface area (TPSA) is 46.2 Å². The second-order valence-corrected chi connectivity index (χ2v) is 6.58. The Morgan fingerprint density at radius 1 is 1.29 bits per heavy atom. The highest BCUT2D eigenvalue weighted by Gasteiger charge is 2.38. The molecule has 0 radical (unpaired) electrons. The van der Waals surface area contributed by atoms with E-state index in [-0.39, 0.29) is 11.0 Å². The monoisotopic (exact) mass is 233 g/mol. The van der Waals surface area contributed by atoms with E-state index in [1.54, 1.807) is 0 Å². The van der Waals surface area contributed by atoms with E-state index in [0.29, 0.717) is 5.75 Å². The van der Waals surface area contributed by atoms with E-state index in [4.69, 9.17) is 5.73 Å². The number of hydrogen-bond acceptors (Lipinski definition) is 2. The lowest BCUT2D eigenvalue weighted by Crippen LogP contribution is -2.25. The van der Waals surface area contributed by atoms with Crippen LogP contribution in [0.2, 0.25) is 0 Å². The molecule has 2 rings (SSSR count). The van der Waals surface area contributed by atoms with Gasteiger partial charge >= 0.3 is 0 Å². The Labute approximate surface area is 104 Å². The van der Waals surface area contributed by atoms with Crippen molar-refractivity contribution in [2.45, 2.75) is 57.9 Å². The zero-order valence-corrected chi connectivity index (χ0v) is 11.3. The van der Waals surface area contributed by atoms with Gasteiger partial charge in [0.15, 0.2) is 0 Å².